The second kappa shape index (κ2) is 10.6. The zero-order valence-electron chi connectivity index (χ0n) is 20.0. The lowest BCUT2D eigenvalue weighted by atomic mass is 10.2. The summed E-state index contributed by atoms with van der Waals surface area (Å²) in [7, 11) is -0.289. The van der Waals surface area contributed by atoms with E-state index in [0.29, 0.717) is 0 Å². The number of hydrogen-bond acceptors (Lipinski definition) is 11. The molecule has 3 heterocycles. The zero-order valence-corrected chi connectivity index (χ0v) is 21.6. The molecule has 0 aromatic carbocycles. The average Bonchev–Trinajstić information content (AvgIpc) is 3.59. The molecule has 3 aromatic heterocycles. The minimum Gasteiger partial charge on any atom is -0.479 e. The van der Waals surface area contributed by atoms with E-state index in [4.69, 9.17) is 25.8 Å². The van der Waals surface area contributed by atoms with Crippen LogP contribution in [-0.2, 0) is 14.8 Å². The van der Waals surface area contributed by atoms with Crippen molar-refractivity contribution in [2.24, 2.45) is 5.92 Å². The molecule has 0 bridgehead atoms. The van der Waals surface area contributed by atoms with Crippen LogP contribution in [0, 0.1) is 5.92 Å². The van der Waals surface area contributed by atoms with Gasteiger partial charge in [-0.15, -0.1) is 10.2 Å². The van der Waals surface area contributed by atoms with Crippen LogP contribution in [0.25, 0.3) is 5.69 Å². The fourth-order valence-corrected chi connectivity index (χ4v) is 5.04. The summed E-state index contributed by atoms with van der Waals surface area (Å²) in [5, 5.41) is 7.02. The molecule has 0 aliphatic heterocycles. The molecule has 0 amide bonds. The lowest BCUT2D eigenvalue weighted by molar-refractivity contribution is 0.0950. The number of sulfonamides is 1. The summed E-state index contributed by atoms with van der Waals surface area (Å²) >= 11 is 5.83. The number of halogens is 3. The van der Waals surface area contributed by atoms with Gasteiger partial charge >= 0.3 is 0 Å². The maximum absolute atomic E-state index is 13.4. The Hall–Kier alpha value is -3.24. The van der Waals surface area contributed by atoms with E-state index in [1.54, 1.807) is 0 Å². The van der Waals surface area contributed by atoms with Crippen LogP contribution in [0.1, 0.15) is 37.0 Å². The molecule has 0 unspecified atom stereocenters. The van der Waals surface area contributed by atoms with Crippen LogP contribution >= 0.6 is 11.6 Å². The first-order valence-electron chi connectivity index (χ1n) is 10.8. The molecule has 1 saturated carbocycles. The molecule has 1 aliphatic carbocycles. The SMILES string of the molecule is COc1ncnc(OC)c1-n1c(NS(=O)(=O)[C@@H](C)[C@H](OC)c2ncc(Cl)cn2)nnc1[C@@H]1C[C@H]1C(F)F. The fraction of sp³-hybridized carbons (Fsp3) is 0.500. The second-order valence-electron chi connectivity index (χ2n) is 8.07. The third-order valence-electron chi connectivity index (χ3n) is 5.85. The van der Waals surface area contributed by atoms with Gasteiger partial charge in [-0.1, -0.05) is 11.6 Å². The van der Waals surface area contributed by atoms with Crippen LogP contribution in [0.15, 0.2) is 18.7 Å². The van der Waals surface area contributed by atoms with Crippen LogP contribution in [0.3, 0.4) is 0 Å². The van der Waals surface area contributed by atoms with E-state index < -0.39 is 39.6 Å². The van der Waals surface area contributed by atoms with Crippen molar-refractivity contribution in [3.8, 4) is 17.4 Å². The van der Waals surface area contributed by atoms with Crippen molar-refractivity contribution in [1.29, 1.82) is 0 Å². The Bertz CT molecular complexity index is 1340. The van der Waals surface area contributed by atoms with Crippen LogP contribution < -0.4 is 14.2 Å². The van der Waals surface area contributed by atoms with Gasteiger partial charge in [0.2, 0.25) is 34.2 Å². The Labute approximate surface area is 215 Å². The summed E-state index contributed by atoms with van der Waals surface area (Å²) in [5.74, 6) is -1.82. The highest BCUT2D eigenvalue weighted by Gasteiger charge is 2.49. The minimum atomic E-state index is -4.26. The van der Waals surface area contributed by atoms with Gasteiger partial charge in [-0.3, -0.25) is 9.29 Å². The normalized spacial score (nSPS) is 18.9. The van der Waals surface area contributed by atoms with E-state index in [1.807, 2.05) is 0 Å². The fourth-order valence-electron chi connectivity index (χ4n) is 3.81. The van der Waals surface area contributed by atoms with E-state index in [1.165, 1.54) is 51.5 Å². The van der Waals surface area contributed by atoms with Crippen molar-refractivity contribution in [2.75, 3.05) is 26.1 Å². The Kier molecular flexibility index (Phi) is 7.70. The summed E-state index contributed by atoms with van der Waals surface area (Å²) in [6.07, 6.45) is 0.264. The summed E-state index contributed by atoms with van der Waals surface area (Å²) in [6.45, 7) is 1.39. The highest BCUT2D eigenvalue weighted by atomic mass is 35.5. The van der Waals surface area contributed by atoms with E-state index in [2.05, 4.69) is 34.9 Å². The first-order chi connectivity index (χ1) is 17.6. The Morgan fingerprint density at radius 2 is 1.70 bits per heavy atom. The molecule has 0 spiro atoms. The Morgan fingerprint density at radius 1 is 1.08 bits per heavy atom. The molecule has 13 nitrogen and oxygen atoms in total. The quantitative estimate of drug-likeness (QED) is 0.367. The lowest BCUT2D eigenvalue weighted by Crippen LogP contribution is -2.33. The van der Waals surface area contributed by atoms with Crippen LogP contribution in [-0.4, -0.2) is 76.1 Å². The highest BCUT2D eigenvalue weighted by molar-refractivity contribution is 7.93. The van der Waals surface area contributed by atoms with Crippen LogP contribution in [0.5, 0.6) is 11.8 Å². The molecule has 0 saturated heterocycles. The number of nitrogens with one attached hydrogen (secondary N) is 1. The monoisotopic (exact) mass is 560 g/mol. The maximum Gasteiger partial charge on any atom is 0.245 e. The van der Waals surface area contributed by atoms with Crippen molar-refractivity contribution in [1.82, 2.24) is 34.7 Å². The lowest BCUT2D eigenvalue weighted by Gasteiger charge is -2.22. The van der Waals surface area contributed by atoms with Crippen molar-refractivity contribution < 1.29 is 31.4 Å². The van der Waals surface area contributed by atoms with E-state index in [9.17, 15) is 17.2 Å². The molecule has 1 N–H and O–H groups in total. The van der Waals surface area contributed by atoms with E-state index in [0.717, 1.165) is 0 Å². The predicted octanol–water partition coefficient (Wildman–Crippen LogP) is 2.40. The molecule has 1 fully saturated rings. The number of hydrogen-bond donors (Lipinski definition) is 1. The summed E-state index contributed by atoms with van der Waals surface area (Å²) in [5.41, 5.74) is 0.0436. The third kappa shape index (κ3) is 5.26. The molecule has 0 radical (unpaired) electrons. The Morgan fingerprint density at radius 3 is 2.22 bits per heavy atom. The largest absolute Gasteiger partial charge is 0.479 e. The summed E-state index contributed by atoms with van der Waals surface area (Å²) in [6, 6.07) is 0. The number of ether oxygens (including phenoxy) is 3. The van der Waals surface area contributed by atoms with Gasteiger partial charge in [0.05, 0.1) is 19.2 Å². The van der Waals surface area contributed by atoms with Gasteiger partial charge in [-0.2, -0.15) is 9.97 Å². The minimum absolute atomic E-state index is 0.0139. The van der Waals surface area contributed by atoms with Gasteiger partial charge in [-0.05, 0) is 13.3 Å². The smallest absolute Gasteiger partial charge is 0.245 e. The number of rotatable bonds is 11. The molecule has 3 aromatic rings. The molecule has 4 rings (SSSR count). The van der Waals surface area contributed by atoms with Gasteiger partial charge in [0.1, 0.15) is 23.5 Å². The van der Waals surface area contributed by atoms with Crippen molar-refractivity contribution in [3.05, 3.63) is 35.4 Å². The zero-order chi connectivity index (χ0) is 26.9. The topological polar surface area (TPSA) is 156 Å². The Balaban J connectivity index is 1.77. The van der Waals surface area contributed by atoms with Crippen molar-refractivity contribution in [2.45, 2.75) is 37.0 Å². The standard InChI is InChI=1S/C20H23ClF2N8O5S/c1-9(14(34-2)16-24-6-10(21)7-25-16)37(32,33)30-20-29-28-17(12-5-11(12)15(22)23)31(20)13-18(35-3)26-8-27-19(13)36-4/h6-9,11-12,14-15H,5H2,1-4H3,(H,29,30)/t9-,11+,12+,14-/m0/s1. The van der Waals surface area contributed by atoms with E-state index >= 15 is 0 Å². The predicted molar refractivity (Wildman–Crippen MR) is 126 cm³/mol. The van der Waals surface area contributed by atoms with Gasteiger partial charge in [0, 0.05) is 31.3 Å². The molecule has 1 aliphatic rings. The van der Waals surface area contributed by atoms with Crippen LogP contribution in [0.4, 0.5) is 14.7 Å². The van der Waals surface area contributed by atoms with Gasteiger partial charge < -0.3 is 14.2 Å². The first kappa shape index (κ1) is 26.8. The molecule has 37 heavy (non-hydrogen) atoms. The number of nitrogens with zero attached hydrogens (tertiary/aromatic N) is 7. The number of anilines is 1. The molecule has 4 atom stereocenters. The molecule has 200 valence electrons. The average molecular weight is 561 g/mol. The molecular formula is C20H23ClF2N8O5S. The number of methoxy groups -OCH3 is 3. The molecular weight excluding hydrogens is 538 g/mol. The first-order valence-corrected chi connectivity index (χ1v) is 12.7. The van der Waals surface area contributed by atoms with E-state index in [-0.39, 0.29) is 46.5 Å². The maximum atomic E-state index is 13.4. The van der Waals surface area contributed by atoms with Crippen molar-refractivity contribution in [3.63, 3.8) is 0 Å². The van der Waals surface area contributed by atoms with Crippen LogP contribution in [0.2, 0.25) is 5.02 Å². The van der Waals surface area contributed by atoms with Gasteiger partial charge in [-0.25, -0.2) is 27.2 Å². The summed E-state index contributed by atoms with van der Waals surface area (Å²) in [4.78, 5) is 16.2. The van der Waals surface area contributed by atoms with Crippen molar-refractivity contribution >= 4 is 27.6 Å². The highest BCUT2D eigenvalue weighted by Crippen LogP contribution is 2.51. The van der Waals surface area contributed by atoms with Gasteiger partial charge in [0.15, 0.2) is 11.5 Å². The third-order valence-corrected chi connectivity index (χ3v) is 7.74. The number of aromatic nitrogens is 7. The second-order valence-corrected chi connectivity index (χ2v) is 10.5. The summed E-state index contributed by atoms with van der Waals surface area (Å²) < 4.78 is 73.3. The molecule has 17 heteroatoms. The number of alkyl halides is 2. The van der Waals surface area contributed by atoms with Gasteiger partial charge in [0.25, 0.3) is 0 Å².